The Morgan fingerprint density at radius 2 is 1.79 bits per heavy atom. The van der Waals surface area contributed by atoms with E-state index in [1.54, 1.807) is 26.2 Å². The molecule has 0 aliphatic heterocycles. The molecule has 0 amide bonds. The molecule has 0 bridgehead atoms. The van der Waals surface area contributed by atoms with Crippen LogP contribution in [0.25, 0.3) is 0 Å². The molecule has 0 aliphatic rings. The van der Waals surface area contributed by atoms with E-state index in [-0.39, 0.29) is 0 Å². The Kier molecular flexibility index (Phi) is 3.83. The summed E-state index contributed by atoms with van der Waals surface area (Å²) in [6, 6.07) is 13.1. The highest BCUT2D eigenvalue weighted by Gasteiger charge is 2.26. The van der Waals surface area contributed by atoms with E-state index in [1.165, 1.54) is 0 Å². The van der Waals surface area contributed by atoms with Crippen LogP contribution in [-0.4, -0.2) is 12.2 Å². The van der Waals surface area contributed by atoms with Gasteiger partial charge in [0, 0.05) is 0 Å². The molecule has 3 heteroatoms. The zero-order valence-electron chi connectivity index (χ0n) is 11.3. The molecular formula is C16H17ClO2. The van der Waals surface area contributed by atoms with Gasteiger partial charge in [-0.2, -0.15) is 0 Å². The lowest BCUT2D eigenvalue weighted by Crippen LogP contribution is -2.22. The molecule has 1 N–H and O–H groups in total. The molecule has 2 aromatic carbocycles. The van der Waals surface area contributed by atoms with Crippen molar-refractivity contribution in [1.29, 1.82) is 0 Å². The number of hydrogen-bond acceptors (Lipinski definition) is 2. The highest BCUT2D eigenvalue weighted by molar-refractivity contribution is 6.32. The van der Waals surface area contributed by atoms with Crippen molar-refractivity contribution in [1.82, 2.24) is 0 Å². The molecule has 0 aliphatic carbocycles. The molecule has 0 saturated heterocycles. The summed E-state index contributed by atoms with van der Waals surface area (Å²) < 4.78 is 5.20. The van der Waals surface area contributed by atoms with Crippen LogP contribution in [0.5, 0.6) is 5.75 Å². The maximum absolute atomic E-state index is 10.8. The van der Waals surface area contributed by atoms with E-state index >= 15 is 0 Å². The third-order valence-corrected chi connectivity index (χ3v) is 3.61. The van der Waals surface area contributed by atoms with Gasteiger partial charge in [0.05, 0.1) is 12.1 Å². The summed E-state index contributed by atoms with van der Waals surface area (Å²) in [7, 11) is 1.56. The minimum atomic E-state index is -1.08. The smallest absolute Gasteiger partial charge is 0.137 e. The second-order valence-corrected chi connectivity index (χ2v) is 5.20. The van der Waals surface area contributed by atoms with Crippen LogP contribution in [-0.2, 0) is 5.60 Å². The van der Waals surface area contributed by atoms with Crippen molar-refractivity contribution in [2.75, 3.05) is 7.11 Å². The number of aryl methyl sites for hydroxylation is 1. The average molecular weight is 277 g/mol. The fraction of sp³-hybridized carbons (Fsp3) is 0.250. The summed E-state index contributed by atoms with van der Waals surface area (Å²) in [6.07, 6.45) is 0. The molecule has 2 nitrogen and oxygen atoms in total. The molecule has 19 heavy (non-hydrogen) atoms. The summed E-state index contributed by atoms with van der Waals surface area (Å²) in [5.74, 6) is 0.562. The fourth-order valence-electron chi connectivity index (χ4n) is 2.08. The lowest BCUT2D eigenvalue weighted by atomic mass is 9.87. The molecule has 2 rings (SSSR count). The molecular weight excluding hydrogens is 260 g/mol. The Morgan fingerprint density at radius 1 is 1.11 bits per heavy atom. The second kappa shape index (κ2) is 5.24. The van der Waals surface area contributed by atoms with Crippen LogP contribution in [0, 0.1) is 6.92 Å². The molecule has 0 radical (unpaired) electrons. The van der Waals surface area contributed by atoms with E-state index in [0.29, 0.717) is 10.8 Å². The Hall–Kier alpha value is -1.51. The molecule has 100 valence electrons. The number of aliphatic hydroxyl groups is 1. The van der Waals surface area contributed by atoms with Crippen LogP contribution >= 0.6 is 11.6 Å². The Morgan fingerprint density at radius 3 is 2.42 bits per heavy atom. The van der Waals surface area contributed by atoms with E-state index in [0.717, 1.165) is 16.7 Å². The molecule has 0 aromatic heterocycles. The average Bonchev–Trinajstić information content (AvgIpc) is 2.39. The predicted molar refractivity (Wildman–Crippen MR) is 77.9 cm³/mol. The van der Waals surface area contributed by atoms with E-state index < -0.39 is 5.60 Å². The Balaban J connectivity index is 2.49. The molecule has 2 aromatic rings. The molecule has 0 saturated carbocycles. The van der Waals surface area contributed by atoms with Gasteiger partial charge in [-0.1, -0.05) is 47.5 Å². The lowest BCUT2D eigenvalue weighted by Gasteiger charge is -2.25. The monoisotopic (exact) mass is 276 g/mol. The van der Waals surface area contributed by atoms with Crippen LogP contribution in [0.4, 0.5) is 0 Å². The molecule has 0 fully saturated rings. The Bertz CT molecular complexity index is 591. The first-order valence-electron chi connectivity index (χ1n) is 6.08. The summed E-state index contributed by atoms with van der Waals surface area (Å²) in [5, 5.41) is 11.3. The number of ether oxygens (including phenoxy) is 1. The lowest BCUT2D eigenvalue weighted by molar-refractivity contribution is 0.102. The third-order valence-electron chi connectivity index (χ3n) is 3.29. The van der Waals surface area contributed by atoms with Crippen molar-refractivity contribution in [3.8, 4) is 5.75 Å². The third kappa shape index (κ3) is 2.75. The molecule has 1 unspecified atom stereocenters. The van der Waals surface area contributed by atoms with Gasteiger partial charge in [0.1, 0.15) is 11.4 Å². The van der Waals surface area contributed by atoms with Crippen molar-refractivity contribution >= 4 is 11.6 Å². The van der Waals surface area contributed by atoms with Gasteiger partial charge in [0.25, 0.3) is 0 Å². The fourth-order valence-corrected chi connectivity index (χ4v) is 2.27. The maximum atomic E-state index is 10.8. The summed E-state index contributed by atoms with van der Waals surface area (Å²) >= 11 is 6.01. The van der Waals surface area contributed by atoms with Crippen molar-refractivity contribution in [3.63, 3.8) is 0 Å². The Labute approximate surface area is 118 Å². The van der Waals surface area contributed by atoms with Crippen LogP contribution in [0.2, 0.25) is 5.02 Å². The quantitative estimate of drug-likeness (QED) is 0.921. The van der Waals surface area contributed by atoms with Gasteiger partial charge >= 0.3 is 0 Å². The topological polar surface area (TPSA) is 29.5 Å². The largest absolute Gasteiger partial charge is 0.495 e. The minimum absolute atomic E-state index is 0.534. The van der Waals surface area contributed by atoms with Crippen LogP contribution in [0.3, 0.4) is 0 Å². The van der Waals surface area contributed by atoms with Crippen LogP contribution in [0.1, 0.15) is 23.6 Å². The van der Waals surface area contributed by atoms with E-state index in [2.05, 4.69) is 0 Å². The number of hydrogen-bond donors (Lipinski definition) is 1. The number of methoxy groups -OCH3 is 1. The molecule has 0 heterocycles. The summed E-state index contributed by atoms with van der Waals surface area (Å²) in [4.78, 5) is 0. The minimum Gasteiger partial charge on any atom is -0.495 e. The highest BCUT2D eigenvalue weighted by atomic mass is 35.5. The van der Waals surface area contributed by atoms with Gasteiger partial charge in [-0.25, -0.2) is 0 Å². The van der Waals surface area contributed by atoms with Gasteiger partial charge in [-0.3, -0.25) is 0 Å². The standard InChI is InChI=1S/C16H17ClO2/c1-11-5-4-6-12(9-11)16(2,18)13-7-8-14(17)15(10-13)19-3/h4-10,18H,1-3H3. The van der Waals surface area contributed by atoms with E-state index in [4.69, 9.17) is 16.3 Å². The van der Waals surface area contributed by atoms with Gasteiger partial charge in [-0.05, 0) is 37.1 Å². The van der Waals surface area contributed by atoms with Gasteiger partial charge < -0.3 is 9.84 Å². The van der Waals surface area contributed by atoms with Crippen molar-refractivity contribution < 1.29 is 9.84 Å². The number of halogens is 1. The summed E-state index contributed by atoms with van der Waals surface area (Å²) in [5.41, 5.74) is 1.62. The first-order chi connectivity index (χ1) is 8.95. The van der Waals surface area contributed by atoms with Crippen LogP contribution < -0.4 is 4.74 Å². The van der Waals surface area contributed by atoms with E-state index in [1.807, 2.05) is 37.3 Å². The van der Waals surface area contributed by atoms with Gasteiger partial charge in [0.15, 0.2) is 0 Å². The van der Waals surface area contributed by atoms with Crippen molar-refractivity contribution in [2.45, 2.75) is 19.4 Å². The predicted octanol–water partition coefficient (Wildman–Crippen LogP) is 3.91. The van der Waals surface area contributed by atoms with Crippen LogP contribution in [0.15, 0.2) is 42.5 Å². The molecule has 1 atom stereocenters. The van der Waals surface area contributed by atoms with E-state index in [9.17, 15) is 5.11 Å². The highest BCUT2D eigenvalue weighted by Crippen LogP contribution is 2.34. The second-order valence-electron chi connectivity index (χ2n) is 4.79. The number of benzene rings is 2. The van der Waals surface area contributed by atoms with Crippen molar-refractivity contribution in [3.05, 3.63) is 64.2 Å². The first kappa shape index (κ1) is 13.9. The van der Waals surface area contributed by atoms with Gasteiger partial charge in [0.2, 0.25) is 0 Å². The first-order valence-corrected chi connectivity index (χ1v) is 6.46. The normalized spacial score (nSPS) is 13.9. The zero-order valence-corrected chi connectivity index (χ0v) is 12.0. The van der Waals surface area contributed by atoms with Gasteiger partial charge in [-0.15, -0.1) is 0 Å². The molecule has 0 spiro atoms. The maximum Gasteiger partial charge on any atom is 0.137 e. The van der Waals surface area contributed by atoms with Crippen molar-refractivity contribution in [2.24, 2.45) is 0 Å². The zero-order chi connectivity index (χ0) is 14.0. The summed E-state index contributed by atoms with van der Waals surface area (Å²) in [6.45, 7) is 3.77. The number of rotatable bonds is 3. The SMILES string of the molecule is COc1cc(C(C)(O)c2cccc(C)c2)ccc1Cl.